The molecular formula is C31H29N3OS. The molecule has 36 heavy (non-hydrogen) atoms. The van der Waals surface area contributed by atoms with E-state index in [0.717, 1.165) is 44.4 Å². The van der Waals surface area contributed by atoms with Crippen LogP contribution in [0.5, 0.6) is 0 Å². The van der Waals surface area contributed by atoms with Crippen LogP contribution in [0.2, 0.25) is 0 Å². The molecule has 0 aliphatic heterocycles. The lowest BCUT2D eigenvalue weighted by Crippen LogP contribution is -2.32. The van der Waals surface area contributed by atoms with Crippen LogP contribution in [0, 0.1) is 0 Å². The average molecular weight is 492 g/mol. The molecule has 0 saturated heterocycles. The van der Waals surface area contributed by atoms with Gasteiger partial charge in [-0.25, -0.2) is 4.98 Å². The van der Waals surface area contributed by atoms with Gasteiger partial charge < -0.3 is 9.30 Å². The molecule has 0 radical (unpaired) electrons. The van der Waals surface area contributed by atoms with E-state index in [1.807, 2.05) is 48.4 Å². The van der Waals surface area contributed by atoms with Gasteiger partial charge in [-0.1, -0.05) is 97.9 Å². The zero-order valence-electron chi connectivity index (χ0n) is 20.5. The van der Waals surface area contributed by atoms with Crippen LogP contribution in [0.3, 0.4) is 0 Å². The molecule has 0 atom stereocenters. The maximum absolute atomic E-state index is 6.99. The second kappa shape index (κ2) is 10.9. The van der Waals surface area contributed by atoms with Crippen molar-refractivity contribution < 1.29 is 4.74 Å². The third kappa shape index (κ3) is 4.72. The summed E-state index contributed by atoms with van der Waals surface area (Å²) in [7, 11) is 2.00. The molecule has 2 aromatic heterocycles. The highest BCUT2D eigenvalue weighted by atomic mass is 32.2. The van der Waals surface area contributed by atoms with Gasteiger partial charge in [0.1, 0.15) is 11.3 Å². The van der Waals surface area contributed by atoms with E-state index in [9.17, 15) is 0 Å². The Morgan fingerprint density at radius 2 is 1.36 bits per heavy atom. The molecule has 0 aliphatic rings. The van der Waals surface area contributed by atoms with Crippen LogP contribution in [-0.2, 0) is 24.0 Å². The quantitative estimate of drug-likeness (QED) is 0.163. The van der Waals surface area contributed by atoms with Crippen molar-refractivity contribution in [3.05, 3.63) is 138 Å². The van der Waals surface area contributed by atoms with Crippen LogP contribution in [-0.4, -0.2) is 20.3 Å². The predicted octanol–water partition coefficient (Wildman–Crippen LogP) is 7.10. The molecule has 5 heteroatoms. The average Bonchev–Trinajstić information content (AvgIpc) is 3.37. The smallest absolute Gasteiger partial charge is 0.159 e. The van der Waals surface area contributed by atoms with E-state index in [2.05, 4.69) is 90.8 Å². The summed E-state index contributed by atoms with van der Waals surface area (Å²) in [6.07, 6.45) is 5.67. The summed E-state index contributed by atoms with van der Waals surface area (Å²) in [4.78, 5) is 10.5. The number of aromatic nitrogens is 3. The van der Waals surface area contributed by atoms with Gasteiger partial charge in [-0.2, -0.15) is 0 Å². The second-order valence-electron chi connectivity index (χ2n) is 8.55. The van der Waals surface area contributed by atoms with Crippen molar-refractivity contribution in [1.29, 1.82) is 0 Å². The van der Waals surface area contributed by atoms with Crippen LogP contribution >= 0.6 is 11.8 Å². The van der Waals surface area contributed by atoms with Crippen LogP contribution < -0.4 is 0 Å². The molecule has 2 heterocycles. The van der Waals surface area contributed by atoms with Crippen molar-refractivity contribution in [2.75, 3.05) is 5.75 Å². The van der Waals surface area contributed by atoms with E-state index in [1.54, 1.807) is 11.8 Å². The Labute approximate surface area is 217 Å². The van der Waals surface area contributed by atoms with Gasteiger partial charge in [-0.15, -0.1) is 11.8 Å². The molecule has 0 amide bonds. The highest BCUT2D eigenvalue weighted by molar-refractivity contribution is 7.99. The van der Waals surface area contributed by atoms with Gasteiger partial charge in [0.2, 0.25) is 0 Å². The first-order valence-electron chi connectivity index (χ1n) is 12.1. The largest absolute Gasteiger partial charge is 0.356 e. The topological polar surface area (TPSA) is 39.9 Å². The number of benzene rings is 3. The molecule has 0 N–H and O–H groups in total. The third-order valence-corrected chi connectivity index (χ3v) is 7.15. The number of ether oxygens (including phenoxy) is 1. The zero-order valence-corrected chi connectivity index (χ0v) is 21.4. The predicted molar refractivity (Wildman–Crippen MR) is 147 cm³/mol. The summed E-state index contributed by atoms with van der Waals surface area (Å²) < 4.78 is 8.99. The van der Waals surface area contributed by atoms with Gasteiger partial charge in [0.25, 0.3) is 0 Å². The minimum atomic E-state index is -0.764. The second-order valence-corrected chi connectivity index (χ2v) is 9.86. The van der Waals surface area contributed by atoms with Crippen molar-refractivity contribution in [1.82, 2.24) is 14.5 Å². The fraction of sp³-hybridized carbons (Fsp3) is 0.161. The molecule has 4 nitrogen and oxygen atoms in total. The number of pyridine rings is 1. The lowest BCUT2D eigenvalue weighted by atomic mass is 9.80. The van der Waals surface area contributed by atoms with Crippen molar-refractivity contribution in [2.45, 2.75) is 24.0 Å². The fourth-order valence-corrected chi connectivity index (χ4v) is 5.38. The van der Waals surface area contributed by atoms with Crippen molar-refractivity contribution in [2.24, 2.45) is 7.05 Å². The highest BCUT2D eigenvalue weighted by Gasteiger charge is 2.37. The number of nitrogens with zero attached hydrogens (tertiary/aromatic N) is 3. The standard InChI is InChI=1S/C31H29N3OS/c1-3-36-28-21-24(22-33-29(28)30-32-19-20-34(30)2)23-35-31(25-13-7-4-8-14-25,26-15-9-5-10-16-26)27-17-11-6-12-18-27/h4-22H,3,23H2,1-2H3. The molecule has 0 saturated carbocycles. The minimum Gasteiger partial charge on any atom is -0.356 e. The van der Waals surface area contributed by atoms with E-state index in [4.69, 9.17) is 9.72 Å². The summed E-state index contributed by atoms with van der Waals surface area (Å²) in [5, 5.41) is 0. The van der Waals surface area contributed by atoms with E-state index in [-0.39, 0.29) is 0 Å². The Hall–Kier alpha value is -3.67. The lowest BCUT2D eigenvalue weighted by molar-refractivity contribution is 0.0000479. The summed E-state index contributed by atoms with van der Waals surface area (Å²) in [5.41, 5.74) is 4.42. The Bertz CT molecular complexity index is 1310. The Morgan fingerprint density at radius 1 is 0.806 bits per heavy atom. The van der Waals surface area contributed by atoms with Gasteiger partial charge >= 0.3 is 0 Å². The van der Waals surface area contributed by atoms with Crippen LogP contribution in [0.15, 0.2) is 121 Å². The first-order chi connectivity index (χ1) is 17.7. The molecular weight excluding hydrogens is 462 g/mol. The van der Waals surface area contributed by atoms with Crippen molar-refractivity contribution >= 4 is 11.8 Å². The maximum atomic E-state index is 6.99. The number of imidazole rings is 1. The summed E-state index contributed by atoms with van der Waals surface area (Å²) in [6.45, 7) is 2.56. The normalized spacial score (nSPS) is 11.5. The van der Waals surface area contributed by atoms with Crippen LogP contribution in [0.1, 0.15) is 29.2 Å². The lowest BCUT2D eigenvalue weighted by Gasteiger charge is -2.36. The van der Waals surface area contributed by atoms with E-state index < -0.39 is 5.60 Å². The molecule has 0 aliphatic carbocycles. The first-order valence-corrected chi connectivity index (χ1v) is 13.1. The Balaban J connectivity index is 1.58. The molecule has 5 aromatic rings. The molecule has 3 aromatic carbocycles. The molecule has 5 rings (SSSR count). The van der Waals surface area contributed by atoms with E-state index in [0.29, 0.717) is 6.61 Å². The number of thioether (sulfide) groups is 1. The Kier molecular flexibility index (Phi) is 7.31. The van der Waals surface area contributed by atoms with Crippen molar-refractivity contribution in [3.63, 3.8) is 0 Å². The van der Waals surface area contributed by atoms with E-state index >= 15 is 0 Å². The van der Waals surface area contributed by atoms with Gasteiger partial charge in [0.05, 0.1) is 6.61 Å². The van der Waals surface area contributed by atoms with Gasteiger partial charge in [0.15, 0.2) is 5.82 Å². The monoisotopic (exact) mass is 491 g/mol. The number of hydrogen-bond donors (Lipinski definition) is 0. The van der Waals surface area contributed by atoms with E-state index in [1.165, 1.54) is 0 Å². The van der Waals surface area contributed by atoms with Gasteiger partial charge in [-0.05, 0) is 34.1 Å². The molecule has 0 bridgehead atoms. The fourth-order valence-electron chi connectivity index (χ4n) is 4.55. The summed E-state index contributed by atoms with van der Waals surface area (Å²) >= 11 is 1.77. The van der Waals surface area contributed by atoms with Gasteiger partial charge in [0, 0.05) is 30.5 Å². The number of rotatable bonds is 9. The summed E-state index contributed by atoms with van der Waals surface area (Å²) in [5.74, 6) is 1.82. The Morgan fingerprint density at radius 3 is 1.83 bits per heavy atom. The number of aryl methyl sites for hydroxylation is 1. The first kappa shape index (κ1) is 24.0. The van der Waals surface area contributed by atoms with Crippen molar-refractivity contribution in [3.8, 4) is 11.5 Å². The number of hydrogen-bond acceptors (Lipinski definition) is 4. The van der Waals surface area contributed by atoms with Gasteiger partial charge in [-0.3, -0.25) is 4.98 Å². The third-order valence-electron chi connectivity index (χ3n) is 6.24. The van der Waals surface area contributed by atoms with Crippen LogP contribution in [0.4, 0.5) is 0 Å². The molecule has 0 unspecified atom stereocenters. The molecule has 180 valence electrons. The van der Waals surface area contributed by atoms with Crippen LogP contribution in [0.25, 0.3) is 11.5 Å². The highest BCUT2D eigenvalue weighted by Crippen LogP contribution is 2.41. The SMILES string of the molecule is CCSc1cc(COC(c2ccccc2)(c2ccccc2)c2ccccc2)cnc1-c1nccn1C. The minimum absolute atomic E-state index is 0.407. The maximum Gasteiger partial charge on any atom is 0.159 e. The molecule has 0 spiro atoms. The zero-order chi connectivity index (χ0) is 24.8. The summed E-state index contributed by atoms with van der Waals surface area (Å²) in [6, 6.07) is 33.6. The molecule has 0 fully saturated rings.